The van der Waals surface area contributed by atoms with Crippen molar-refractivity contribution in [2.45, 2.75) is 45.3 Å². The second kappa shape index (κ2) is 9.34. The second-order valence-corrected chi connectivity index (χ2v) is 9.97. The molecule has 0 saturated heterocycles. The van der Waals surface area contributed by atoms with E-state index in [1.165, 1.54) is 41.0 Å². The van der Waals surface area contributed by atoms with Crippen molar-refractivity contribution in [2.75, 3.05) is 7.11 Å². The van der Waals surface area contributed by atoms with Crippen molar-refractivity contribution in [3.63, 3.8) is 0 Å². The zero-order valence-electron chi connectivity index (χ0n) is 17.5. The summed E-state index contributed by atoms with van der Waals surface area (Å²) in [5.41, 5.74) is 2.61. The summed E-state index contributed by atoms with van der Waals surface area (Å²) >= 11 is 3.57. The van der Waals surface area contributed by atoms with Crippen molar-refractivity contribution in [2.24, 2.45) is 0 Å². The first-order chi connectivity index (χ1) is 15.3. The van der Waals surface area contributed by atoms with Crippen LogP contribution in [0.5, 0.6) is 5.75 Å². The van der Waals surface area contributed by atoms with Crippen molar-refractivity contribution in [1.29, 1.82) is 0 Å². The van der Waals surface area contributed by atoms with E-state index in [9.17, 15) is 0 Å². The Morgan fingerprint density at radius 2 is 1.94 bits per heavy atom. The van der Waals surface area contributed by atoms with Crippen molar-refractivity contribution >= 4 is 22.7 Å². The lowest BCUT2D eigenvalue weighted by molar-refractivity contribution is 0.222. The molecule has 0 unspecified atom stereocenters. The van der Waals surface area contributed by atoms with Crippen molar-refractivity contribution in [1.82, 2.24) is 15.1 Å². The highest BCUT2D eigenvalue weighted by Crippen LogP contribution is 2.35. The van der Waals surface area contributed by atoms with E-state index < -0.39 is 0 Å². The molecule has 5 rings (SSSR count). The summed E-state index contributed by atoms with van der Waals surface area (Å²) in [6.45, 7) is 2.15. The highest BCUT2D eigenvalue weighted by atomic mass is 32.1. The summed E-state index contributed by atoms with van der Waals surface area (Å²) in [4.78, 5) is 6.21. The summed E-state index contributed by atoms with van der Waals surface area (Å²) < 4.78 is 11.7. The van der Waals surface area contributed by atoms with Crippen molar-refractivity contribution in [3.05, 3.63) is 74.6 Å². The van der Waals surface area contributed by atoms with E-state index in [1.807, 2.05) is 29.5 Å². The van der Waals surface area contributed by atoms with E-state index in [0.29, 0.717) is 18.3 Å². The summed E-state index contributed by atoms with van der Waals surface area (Å²) in [7, 11) is 1.72. The Balaban J connectivity index is 1.36. The fourth-order valence-electron chi connectivity index (χ4n) is 4.07. The normalized spacial score (nSPS) is 13.5. The lowest BCUT2D eigenvalue weighted by Gasteiger charge is -2.21. The molecule has 7 heteroatoms. The SMILES string of the molecule is COc1ccccc1CN(Cc1nnc(-c2cc3c(s2)CCCC3)o1)Cc1cccs1. The average Bonchev–Trinajstić information content (AvgIpc) is 3.54. The van der Waals surface area contributed by atoms with Crippen LogP contribution in [0, 0.1) is 0 Å². The Hall–Kier alpha value is -2.48. The van der Waals surface area contributed by atoms with Gasteiger partial charge < -0.3 is 9.15 Å². The number of para-hydroxylation sites is 1. The molecule has 0 saturated carbocycles. The first kappa shape index (κ1) is 20.4. The van der Waals surface area contributed by atoms with Gasteiger partial charge in [0, 0.05) is 28.4 Å². The monoisotopic (exact) mass is 451 g/mol. The number of fused-ring (bicyclic) bond motifs is 1. The van der Waals surface area contributed by atoms with Crippen LogP contribution < -0.4 is 4.74 Å². The van der Waals surface area contributed by atoms with E-state index in [2.05, 4.69) is 44.7 Å². The molecule has 1 aromatic carbocycles. The number of benzene rings is 1. The van der Waals surface area contributed by atoms with Gasteiger partial charge in [0.25, 0.3) is 5.89 Å². The Kier molecular flexibility index (Phi) is 6.15. The third-order valence-electron chi connectivity index (χ3n) is 5.58. The molecule has 4 aromatic rings. The van der Waals surface area contributed by atoms with Crippen LogP contribution in [0.25, 0.3) is 10.8 Å². The van der Waals surface area contributed by atoms with E-state index in [1.54, 1.807) is 18.4 Å². The molecule has 0 atom stereocenters. The van der Waals surface area contributed by atoms with Gasteiger partial charge in [-0.05, 0) is 54.8 Å². The summed E-state index contributed by atoms with van der Waals surface area (Å²) in [5.74, 6) is 2.18. The van der Waals surface area contributed by atoms with Crippen LogP contribution in [-0.4, -0.2) is 22.2 Å². The van der Waals surface area contributed by atoms with E-state index in [-0.39, 0.29) is 0 Å². The predicted molar refractivity (Wildman–Crippen MR) is 125 cm³/mol. The molecule has 0 radical (unpaired) electrons. The van der Waals surface area contributed by atoms with Gasteiger partial charge in [-0.1, -0.05) is 24.3 Å². The predicted octanol–water partition coefficient (Wildman–Crippen LogP) is 5.95. The molecular formula is C24H25N3O2S2. The maximum absolute atomic E-state index is 6.11. The maximum atomic E-state index is 6.11. The van der Waals surface area contributed by atoms with Crippen LogP contribution in [-0.2, 0) is 32.5 Å². The Morgan fingerprint density at radius 1 is 1.03 bits per heavy atom. The highest BCUT2D eigenvalue weighted by Gasteiger charge is 2.19. The van der Waals surface area contributed by atoms with Gasteiger partial charge >= 0.3 is 0 Å². The highest BCUT2D eigenvalue weighted by molar-refractivity contribution is 7.15. The molecule has 0 amide bonds. The minimum atomic E-state index is 0.591. The Bertz CT molecular complexity index is 1110. The number of methoxy groups -OCH3 is 1. The minimum Gasteiger partial charge on any atom is -0.496 e. The average molecular weight is 452 g/mol. The van der Waals surface area contributed by atoms with Crippen molar-refractivity contribution in [3.8, 4) is 16.5 Å². The van der Waals surface area contributed by atoms with Gasteiger partial charge in [-0.25, -0.2) is 0 Å². The first-order valence-electron chi connectivity index (χ1n) is 10.6. The Labute approximate surface area is 190 Å². The zero-order chi connectivity index (χ0) is 21.0. The number of aryl methyl sites for hydroxylation is 2. The summed E-state index contributed by atoms with van der Waals surface area (Å²) in [6.07, 6.45) is 4.90. The van der Waals surface area contributed by atoms with Crippen LogP contribution >= 0.6 is 22.7 Å². The lowest BCUT2D eigenvalue weighted by Crippen LogP contribution is -2.22. The number of rotatable bonds is 8. The molecule has 0 bridgehead atoms. The quantitative estimate of drug-likeness (QED) is 0.331. The topological polar surface area (TPSA) is 51.4 Å². The molecule has 0 spiro atoms. The van der Waals surface area contributed by atoms with Crippen LogP contribution in [0.1, 0.15) is 39.6 Å². The molecule has 1 aliphatic rings. The number of hydrogen-bond acceptors (Lipinski definition) is 7. The third kappa shape index (κ3) is 4.74. The van der Waals surface area contributed by atoms with E-state index >= 15 is 0 Å². The largest absolute Gasteiger partial charge is 0.496 e. The molecule has 31 heavy (non-hydrogen) atoms. The molecular weight excluding hydrogens is 426 g/mol. The van der Waals surface area contributed by atoms with Crippen LogP contribution in [0.15, 0.2) is 52.3 Å². The van der Waals surface area contributed by atoms with Crippen LogP contribution in [0.4, 0.5) is 0 Å². The smallest absolute Gasteiger partial charge is 0.257 e. The number of nitrogens with zero attached hydrogens (tertiary/aromatic N) is 3. The van der Waals surface area contributed by atoms with Gasteiger partial charge in [0.05, 0.1) is 18.5 Å². The summed E-state index contributed by atoms with van der Waals surface area (Å²) in [5, 5.41) is 10.8. The van der Waals surface area contributed by atoms with Gasteiger partial charge in [-0.3, -0.25) is 4.90 Å². The molecule has 160 valence electrons. The number of thiophene rings is 2. The number of aromatic nitrogens is 2. The lowest BCUT2D eigenvalue weighted by atomic mass is 9.99. The maximum Gasteiger partial charge on any atom is 0.257 e. The van der Waals surface area contributed by atoms with Gasteiger partial charge in [0.1, 0.15) is 5.75 Å². The van der Waals surface area contributed by atoms with Crippen LogP contribution in [0.2, 0.25) is 0 Å². The molecule has 1 aliphatic carbocycles. The zero-order valence-corrected chi connectivity index (χ0v) is 19.2. The molecule has 0 fully saturated rings. The molecule has 5 nitrogen and oxygen atoms in total. The standard InChI is InChI=1S/C24H25N3O2S2/c1-28-20-10-4-2-8-18(20)14-27(15-19-9-6-12-30-19)16-23-25-26-24(29-23)22-13-17-7-3-5-11-21(17)31-22/h2,4,6,8-10,12-13H,3,5,7,11,14-16H2,1H3. The third-order valence-corrected chi connectivity index (χ3v) is 7.67. The second-order valence-electron chi connectivity index (χ2n) is 7.80. The molecule has 3 heterocycles. The number of ether oxygens (including phenoxy) is 1. The van der Waals surface area contributed by atoms with Gasteiger partial charge in [-0.15, -0.1) is 32.9 Å². The van der Waals surface area contributed by atoms with Gasteiger partial charge in [0.15, 0.2) is 0 Å². The first-order valence-corrected chi connectivity index (χ1v) is 12.3. The fourth-order valence-corrected chi connectivity index (χ4v) is 5.99. The summed E-state index contributed by atoms with van der Waals surface area (Å²) in [6, 6.07) is 14.6. The number of hydrogen-bond donors (Lipinski definition) is 0. The van der Waals surface area contributed by atoms with Gasteiger partial charge in [-0.2, -0.15) is 0 Å². The van der Waals surface area contributed by atoms with Crippen molar-refractivity contribution < 1.29 is 9.15 Å². The molecule has 0 aliphatic heterocycles. The van der Waals surface area contributed by atoms with E-state index in [0.717, 1.165) is 29.3 Å². The minimum absolute atomic E-state index is 0.591. The van der Waals surface area contributed by atoms with Crippen LogP contribution in [0.3, 0.4) is 0 Å². The fraction of sp³-hybridized carbons (Fsp3) is 0.333. The van der Waals surface area contributed by atoms with Gasteiger partial charge in [0.2, 0.25) is 5.89 Å². The Morgan fingerprint density at radius 3 is 2.77 bits per heavy atom. The molecule has 3 aromatic heterocycles. The van der Waals surface area contributed by atoms with E-state index in [4.69, 9.17) is 9.15 Å². The molecule has 0 N–H and O–H groups in total.